The molecule has 2 N–H and O–H groups in total. The van der Waals surface area contributed by atoms with E-state index in [4.69, 9.17) is 16.3 Å². The van der Waals surface area contributed by atoms with Crippen LogP contribution in [0.1, 0.15) is 37.4 Å². The Morgan fingerprint density at radius 1 is 1.22 bits per heavy atom. The van der Waals surface area contributed by atoms with Gasteiger partial charge in [-0.25, -0.2) is 0 Å². The highest BCUT2D eigenvalue weighted by Crippen LogP contribution is 2.23. The van der Waals surface area contributed by atoms with E-state index in [1.807, 2.05) is 19.9 Å². The number of ether oxygens (including phenoxy) is 1. The van der Waals surface area contributed by atoms with Gasteiger partial charge in [-0.2, -0.15) is 0 Å². The second kappa shape index (κ2) is 7.48. The molecule has 1 heterocycles. The lowest BCUT2D eigenvalue weighted by molar-refractivity contribution is 0.0847. The highest BCUT2D eigenvalue weighted by molar-refractivity contribution is 7.14. The van der Waals surface area contributed by atoms with Crippen molar-refractivity contribution in [1.82, 2.24) is 10.9 Å². The Labute approximate surface area is 143 Å². The van der Waals surface area contributed by atoms with Crippen molar-refractivity contribution < 1.29 is 14.3 Å². The molecule has 0 atom stereocenters. The zero-order valence-electron chi connectivity index (χ0n) is 13.0. The summed E-state index contributed by atoms with van der Waals surface area (Å²) in [6.45, 7) is 4.00. The average Bonchev–Trinajstić information content (AvgIpc) is 2.93. The number of halogens is 1. The maximum Gasteiger partial charge on any atom is 0.279 e. The van der Waals surface area contributed by atoms with Crippen molar-refractivity contribution >= 4 is 34.8 Å². The van der Waals surface area contributed by atoms with Crippen LogP contribution in [0.5, 0.6) is 5.75 Å². The molecule has 0 saturated heterocycles. The molecule has 0 aliphatic rings. The summed E-state index contributed by atoms with van der Waals surface area (Å²) in [6, 6.07) is 6.46. The molecule has 2 rings (SSSR count). The fourth-order valence-corrected chi connectivity index (χ4v) is 3.25. The van der Waals surface area contributed by atoms with Crippen LogP contribution in [0.4, 0.5) is 0 Å². The van der Waals surface area contributed by atoms with E-state index in [9.17, 15) is 9.59 Å². The van der Waals surface area contributed by atoms with Crippen molar-refractivity contribution in [1.29, 1.82) is 0 Å². The van der Waals surface area contributed by atoms with Crippen LogP contribution in [-0.4, -0.2) is 18.9 Å². The molecule has 0 aliphatic heterocycles. The summed E-state index contributed by atoms with van der Waals surface area (Å²) in [6.07, 6.45) is 0.873. The third kappa shape index (κ3) is 4.03. The van der Waals surface area contributed by atoms with E-state index < -0.39 is 5.91 Å². The predicted molar refractivity (Wildman–Crippen MR) is 91.4 cm³/mol. The topological polar surface area (TPSA) is 67.4 Å². The second-order valence-corrected chi connectivity index (χ2v) is 6.40. The zero-order chi connectivity index (χ0) is 17.0. The van der Waals surface area contributed by atoms with Gasteiger partial charge < -0.3 is 4.74 Å². The Morgan fingerprint density at radius 3 is 2.52 bits per heavy atom. The summed E-state index contributed by atoms with van der Waals surface area (Å²) >= 11 is 7.28. The number of methoxy groups -OCH3 is 1. The first kappa shape index (κ1) is 17.3. The van der Waals surface area contributed by atoms with Gasteiger partial charge in [-0.05, 0) is 43.2 Å². The monoisotopic (exact) mass is 352 g/mol. The number of aryl methyl sites for hydroxylation is 2. The van der Waals surface area contributed by atoms with E-state index in [1.54, 1.807) is 6.07 Å². The molecule has 0 aliphatic carbocycles. The molecule has 0 radical (unpaired) electrons. The van der Waals surface area contributed by atoms with Crippen LogP contribution < -0.4 is 15.6 Å². The summed E-state index contributed by atoms with van der Waals surface area (Å²) in [7, 11) is 1.45. The van der Waals surface area contributed by atoms with Gasteiger partial charge in [0, 0.05) is 9.90 Å². The molecule has 1 aromatic heterocycles. The number of carbonyl (C=O) groups is 2. The Kier molecular flexibility index (Phi) is 5.63. The quantitative estimate of drug-likeness (QED) is 0.829. The molecule has 0 spiro atoms. The Hall–Kier alpha value is -2.05. The number of rotatable bonds is 4. The number of hydrogen-bond donors (Lipinski definition) is 2. The lowest BCUT2D eigenvalue weighted by Crippen LogP contribution is -2.41. The van der Waals surface area contributed by atoms with Crippen LogP contribution in [0.2, 0.25) is 5.02 Å². The molecule has 23 heavy (non-hydrogen) atoms. The van der Waals surface area contributed by atoms with E-state index in [2.05, 4.69) is 10.9 Å². The standard InChI is InChI=1S/C16H17ClN2O3S/c1-4-13-9(2)7-14(23-13)16(21)19-18-15(20)11-6-5-10(17)8-12(11)22-3/h5-8H,4H2,1-3H3,(H,18,20)(H,19,21). The van der Waals surface area contributed by atoms with Crippen LogP contribution in [0.25, 0.3) is 0 Å². The molecule has 122 valence electrons. The van der Waals surface area contributed by atoms with Gasteiger partial charge in [0.25, 0.3) is 11.8 Å². The predicted octanol–water partition coefficient (Wildman–Crippen LogP) is 3.36. The molecule has 1 aromatic carbocycles. The first-order valence-corrected chi connectivity index (χ1v) is 8.19. The average molecular weight is 353 g/mol. The van der Waals surface area contributed by atoms with Crippen molar-refractivity contribution in [2.24, 2.45) is 0 Å². The molecule has 2 amide bonds. The van der Waals surface area contributed by atoms with E-state index in [1.165, 1.54) is 30.6 Å². The highest BCUT2D eigenvalue weighted by Gasteiger charge is 2.15. The van der Waals surface area contributed by atoms with E-state index >= 15 is 0 Å². The van der Waals surface area contributed by atoms with Gasteiger partial charge in [0.2, 0.25) is 0 Å². The molecule has 5 nitrogen and oxygen atoms in total. The smallest absolute Gasteiger partial charge is 0.279 e. The number of nitrogens with one attached hydrogen (secondary N) is 2. The summed E-state index contributed by atoms with van der Waals surface area (Å²) in [5.41, 5.74) is 6.16. The van der Waals surface area contributed by atoms with Crippen LogP contribution >= 0.6 is 22.9 Å². The highest BCUT2D eigenvalue weighted by atomic mass is 35.5. The lowest BCUT2D eigenvalue weighted by atomic mass is 10.2. The van der Waals surface area contributed by atoms with Gasteiger partial charge in [-0.3, -0.25) is 20.4 Å². The number of benzene rings is 1. The van der Waals surface area contributed by atoms with Crippen LogP contribution in [0.3, 0.4) is 0 Å². The van der Waals surface area contributed by atoms with Crippen LogP contribution in [0.15, 0.2) is 24.3 Å². The molecule has 2 aromatic rings. The van der Waals surface area contributed by atoms with Crippen molar-refractivity contribution in [3.05, 3.63) is 50.2 Å². The minimum atomic E-state index is -0.476. The number of thiophene rings is 1. The van der Waals surface area contributed by atoms with E-state index in [-0.39, 0.29) is 11.5 Å². The largest absolute Gasteiger partial charge is 0.496 e. The van der Waals surface area contributed by atoms with Gasteiger partial charge >= 0.3 is 0 Å². The zero-order valence-corrected chi connectivity index (χ0v) is 14.6. The Balaban J connectivity index is 2.05. The van der Waals surface area contributed by atoms with Crippen molar-refractivity contribution in [2.45, 2.75) is 20.3 Å². The molecule has 0 fully saturated rings. The van der Waals surface area contributed by atoms with Gasteiger partial charge in [0.05, 0.1) is 17.6 Å². The maximum absolute atomic E-state index is 12.2. The first-order valence-electron chi connectivity index (χ1n) is 6.99. The first-order chi connectivity index (χ1) is 11.0. The molecule has 0 unspecified atom stereocenters. The van der Waals surface area contributed by atoms with Gasteiger partial charge in [0.1, 0.15) is 5.75 Å². The normalized spacial score (nSPS) is 10.3. The van der Waals surface area contributed by atoms with Crippen molar-refractivity contribution in [2.75, 3.05) is 7.11 Å². The van der Waals surface area contributed by atoms with Crippen LogP contribution in [-0.2, 0) is 6.42 Å². The third-order valence-electron chi connectivity index (χ3n) is 3.26. The number of amides is 2. The summed E-state index contributed by atoms with van der Waals surface area (Å²) in [4.78, 5) is 26.0. The number of carbonyl (C=O) groups excluding carboxylic acids is 2. The maximum atomic E-state index is 12.2. The molecule has 0 saturated carbocycles. The van der Waals surface area contributed by atoms with Gasteiger partial charge in [-0.15, -0.1) is 11.3 Å². The number of hydrogen-bond acceptors (Lipinski definition) is 4. The Morgan fingerprint density at radius 2 is 1.91 bits per heavy atom. The number of hydrazine groups is 1. The molecular formula is C16H17ClN2O3S. The fraction of sp³-hybridized carbons (Fsp3) is 0.250. The molecular weight excluding hydrogens is 336 g/mol. The fourth-order valence-electron chi connectivity index (χ4n) is 2.08. The minimum Gasteiger partial charge on any atom is -0.496 e. The van der Waals surface area contributed by atoms with Gasteiger partial charge in [0.15, 0.2) is 0 Å². The molecule has 0 bridgehead atoms. The minimum absolute atomic E-state index is 0.286. The lowest BCUT2D eigenvalue weighted by Gasteiger charge is -2.10. The third-order valence-corrected chi connectivity index (χ3v) is 4.88. The SMILES string of the molecule is CCc1sc(C(=O)NNC(=O)c2ccc(Cl)cc2OC)cc1C. The summed E-state index contributed by atoms with van der Waals surface area (Å²) in [5.74, 6) is -0.487. The van der Waals surface area contributed by atoms with E-state index in [0.29, 0.717) is 15.6 Å². The summed E-state index contributed by atoms with van der Waals surface area (Å²) in [5, 5.41) is 0.462. The molecule has 7 heteroatoms. The van der Waals surface area contributed by atoms with Gasteiger partial charge in [-0.1, -0.05) is 18.5 Å². The summed E-state index contributed by atoms with van der Waals surface area (Å²) < 4.78 is 5.12. The second-order valence-electron chi connectivity index (χ2n) is 4.82. The van der Waals surface area contributed by atoms with Crippen LogP contribution in [0, 0.1) is 6.92 Å². The Bertz CT molecular complexity index is 743. The van der Waals surface area contributed by atoms with E-state index in [0.717, 1.165) is 16.9 Å². The van der Waals surface area contributed by atoms with Crippen molar-refractivity contribution in [3.63, 3.8) is 0 Å². The van der Waals surface area contributed by atoms with Crippen molar-refractivity contribution in [3.8, 4) is 5.75 Å².